The minimum absolute atomic E-state index is 0.190. The number of carbonyl (C=O) groups excluding carboxylic acids is 2. The van der Waals surface area contributed by atoms with Gasteiger partial charge < -0.3 is 9.80 Å². The highest BCUT2D eigenvalue weighted by atomic mass is 19.2. The number of nitrogens with zero attached hydrogens (tertiary/aromatic N) is 5. The predicted molar refractivity (Wildman–Crippen MR) is 138 cm³/mol. The van der Waals surface area contributed by atoms with E-state index >= 15 is 0 Å². The van der Waals surface area contributed by atoms with Gasteiger partial charge >= 0.3 is 0 Å². The average Bonchev–Trinajstić information content (AvgIpc) is 3.53. The van der Waals surface area contributed by atoms with Crippen LogP contribution in [0.4, 0.5) is 14.5 Å². The third-order valence-electron chi connectivity index (χ3n) is 7.60. The van der Waals surface area contributed by atoms with Crippen molar-refractivity contribution in [2.75, 3.05) is 24.5 Å². The van der Waals surface area contributed by atoms with Gasteiger partial charge in [-0.1, -0.05) is 18.2 Å². The minimum atomic E-state index is -1.00. The lowest BCUT2D eigenvalue weighted by Gasteiger charge is -2.44. The van der Waals surface area contributed by atoms with Crippen LogP contribution in [0.1, 0.15) is 29.8 Å². The fourth-order valence-corrected chi connectivity index (χ4v) is 5.61. The first kappa shape index (κ1) is 24.0. The summed E-state index contributed by atoms with van der Waals surface area (Å²) in [5.41, 5.74) is 2.18. The molecule has 2 saturated heterocycles. The Labute approximate surface area is 218 Å². The molecule has 0 radical (unpaired) electrons. The number of anilines is 1. The quantitative estimate of drug-likeness (QED) is 0.397. The normalized spacial score (nSPS) is 16.8. The van der Waals surface area contributed by atoms with Crippen LogP contribution in [-0.2, 0) is 4.79 Å². The van der Waals surface area contributed by atoms with Gasteiger partial charge in [0, 0.05) is 55.8 Å². The molecule has 0 N–H and O–H groups in total. The van der Waals surface area contributed by atoms with Gasteiger partial charge in [-0.2, -0.15) is 5.10 Å². The second-order valence-electron chi connectivity index (χ2n) is 9.65. The first-order valence-corrected chi connectivity index (χ1v) is 12.6. The molecule has 192 valence electrons. The van der Waals surface area contributed by atoms with E-state index in [2.05, 4.69) is 15.0 Å². The standard InChI is InChI=1S/C29H25F2N5O2/c30-23-7-6-22(18-24(23)31)36-26(20-8-13-32-14-9-20)19-25(33-36)28(38)34-16-11-29(12-17-34)27(37)10-15-35(29)21-4-2-1-3-5-21/h1-9,13-14,18-19H,10-12,15-17H2. The number of halogens is 2. The minimum Gasteiger partial charge on any atom is -0.358 e. The van der Waals surface area contributed by atoms with Gasteiger partial charge in [0.1, 0.15) is 5.54 Å². The summed E-state index contributed by atoms with van der Waals surface area (Å²) in [6.45, 7) is 1.50. The van der Waals surface area contributed by atoms with Crippen LogP contribution in [-0.4, -0.2) is 56.5 Å². The summed E-state index contributed by atoms with van der Waals surface area (Å²) in [6.07, 6.45) is 4.79. The van der Waals surface area contributed by atoms with E-state index in [1.807, 2.05) is 30.3 Å². The summed E-state index contributed by atoms with van der Waals surface area (Å²) >= 11 is 0. The molecule has 1 amide bonds. The largest absolute Gasteiger partial charge is 0.358 e. The molecule has 38 heavy (non-hydrogen) atoms. The molecule has 0 atom stereocenters. The molecular formula is C29H25F2N5O2. The smallest absolute Gasteiger partial charge is 0.274 e. The van der Waals surface area contributed by atoms with Gasteiger partial charge in [0.25, 0.3) is 5.91 Å². The zero-order valence-electron chi connectivity index (χ0n) is 20.6. The third-order valence-corrected chi connectivity index (χ3v) is 7.60. The van der Waals surface area contributed by atoms with E-state index in [0.29, 0.717) is 50.3 Å². The number of piperidine rings is 1. The Balaban J connectivity index is 1.28. The number of aromatic nitrogens is 3. The number of likely N-dealkylation sites (tertiary alicyclic amines) is 1. The molecule has 1 spiro atoms. The zero-order chi connectivity index (χ0) is 26.3. The van der Waals surface area contributed by atoms with Gasteiger partial charge in [-0.05, 0) is 55.3 Å². The topological polar surface area (TPSA) is 71.3 Å². The van der Waals surface area contributed by atoms with Crippen LogP contribution in [0.5, 0.6) is 0 Å². The molecule has 6 rings (SSSR count). The maximum Gasteiger partial charge on any atom is 0.274 e. The molecular weight excluding hydrogens is 488 g/mol. The molecule has 2 aromatic heterocycles. The summed E-state index contributed by atoms with van der Waals surface area (Å²) in [4.78, 5) is 34.6. The van der Waals surface area contributed by atoms with Crippen molar-refractivity contribution >= 4 is 17.4 Å². The molecule has 9 heteroatoms. The van der Waals surface area contributed by atoms with Crippen molar-refractivity contribution < 1.29 is 18.4 Å². The van der Waals surface area contributed by atoms with Crippen molar-refractivity contribution in [3.8, 4) is 16.9 Å². The van der Waals surface area contributed by atoms with E-state index in [-0.39, 0.29) is 17.4 Å². The molecule has 2 aliphatic heterocycles. The molecule has 0 unspecified atom stereocenters. The number of benzene rings is 2. The Hall–Kier alpha value is -4.40. The predicted octanol–water partition coefficient (Wildman–Crippen LogP) is 4.67. The number of carbonyl (C=O) groups is 2. The number of pyridine rings is 1. The molecule has 2 aromatic carbocycles. The average molecular weight is 514 g/mol. The zero-order valence-corrected chi connectivity index (χ0v) is 20.6. The van der Waals surface area contributed by atoms with Crippen LogP contribution in [0.3, 0.4) is 0 Å². The Morgan fingerprint density at radius 1 is 0.842 bits per heavy atom. The van der Waals surface area contributed by atoms with Crippen molar-refractivity contribution in [1.82, 2.24) is 19.7 Å². The molecule has 2 fully saturated rings. The number of Topliss-reactive ketones (excluding diaryl/α,β-unsaturated/α-hetero) is 1. The number of rotatable bonds is 4. The molecule has 7 nitrogen and oxygen atoms in total. The van der Waals surface area contributed by atoms with Crippen molar-refractivity contribution in [3.05, 3.63) is 96.5 Å². The van der Waals surface area contributed by atoms with Crippen LogP contribution in [0.2, 0.25) is 0 Å². The van der Waals surface area contributed by atoms with Crippen LogP contribution in [0, 0.1) is 11.6 Å². The molecule has 2 aliphatic rings. The highest BCUT2D eigenvalue weighted by Crippen LogP contribution is 2.39. The lowest BCUT2D eigenvalue weighted by Crippen LogP contribution is -2.56. The maximum absolute atomic E-state index is 14.1. The van der Waals surface area contributed by atoms with Crippen molar-refractivity contribution in [3.63, 3.8) is 0 Å². The Morgan fingerprint density at radius 3 is 2.29 bits per heavy atom. The number of ketones is 1. The summed E-state index contributed by atoms with van der Waals surface area (Å²) in [5, 5.41) is 4.51. The number of hydrogen-bond acceptors (Lipinski definition) is 5. The summed E-state index contributed by atoms with van der Waals surface area (Å²) in [5.74, 6) is -2.02. The van der Waals surface area contributed by atoms with Crippen molar-refractivity contribution in [2.24, 2.45) is 0 Å². The lowest BCUT2D eigenvalue weighted by molar-refractivity contribution is -0.123. The van der Waals surface area contributed by atoms with E-state index in [0.717, 1.165) is 23.4 Å². The van der Waals surface area contributed by atoms with Gasteiger partial charge in [-0.3, -0.25) is 14.6 Å². The van der Waals surface area contributed by atoms with Crippen LogP contribution in [0.15, 0.2) is 79.1 Å². The summed E-state index contributed by atoms with van der Waals surface area (Å²) < 4.78 is 29.1. The summed E-state index contributed by atoms with van der Waals surface area (Å²) in [6, 6.07) is 18.6. The first-order valence-electron chi connectivity index (χ1n) is 12.6. The van der Waals surface area contributed by atoms with Crippen LogP contribution in [0.25, 0.3) is 16.9 Å². The fourth-order valence-electron chi connectivity index (χ4n) is 5.61. The first-order chi connectivity index (χ1) is 18.5. The van der Waals surface area contributed by atoms with E-state index in [4.69, 9.17) is 0 Å². The van der Waals surface area contributed by atoms with E-state index in [9.17, 15) is 18.4 Å². The SMILES string of the molecule is O=C(c1cc(-c2ccncc2)n(-c2ccc(F)c(F)c2)n1)N1CCC2(CC1)C(=O)CCN2c1ccccc1. The number of amides is 1. The monoisotopic (exact) mass is 513 g/mol. The van der Waals surface area contributed by atoms with Gasteiger partial charge in [0.05, 0.1) is 11.4 Å². The van der Waals surface area contributed by atoms with Gasteiger partial charge in [-0.15, -0.1) is 0 Å². The lowest BCUT2D eigenvalue weighted by atomic mass is 9.83. The van der Waals surface area contributed by atoms with Gasteiger partial charge in [-0.25, -0.2) is 13.5 Å². The highest BCUT2D eigenvalue weighted by molar-refractivity contribution is 5.97. The summed E-state index contributed by atoms with van der Waals surface area (Å²) in [7, 11) is 0. The molecule has 0 aliphatic carbocycles. The molecule has 4 aromatic rings. The maximum atomic E-state index is 14.1. The van der Waals surface area contributed by atoms with E-state index in [1.54, 1.807) is 35.5 Å². The van der Waals surface area contributed by atoms with E-state index < -0.39 is 17.2 Å². The Kier molecular flexibility index (Phi) is 5.98. The number of para-hydroxylation sites is 1. The van der Waals surface area contributed by atoms with Gasteiger partial charge in [0.2, 0.25) is 0 Å². The Morgan fingerprint density at radius 2 is 1.58 bits per heavy atom. The van der Waals surface area contributed by atoms with E-state index in [1.165, 1.54) is 10.7 Å². The number of hydrogen-bond donors (Lipinski definition) is 0. The van der Waals surface area contributed by atoms with Crippen molar-refractivity contribution in [2.45, 2.75) is 24.8 Å². The molecule has 4 heterocycles. The highest BCUT2D eigenvalue weighted by Gasteiger charge is 2.50. The fraction of sp³-hybridized carbons (Fsp3) is 0.241. The second kappa shape index (κ2) is 9.48. The van der Waals surface area contributed by atoms with Crippen LogP contribution >= 0.6 is 0 Å². The van der Waals surface area contributed by atoms with Gasteiger partial charge in [0.15, 0.2) is 23.1 Å². The molecule has 0 bridgehead atoms. The third kappa shape index (κ3) is 4.04. The second-order valence-corrected chi connectivity index (χ2v) is 9.65. The Bertz CT molecular complexity index is 1500. The van der Waals surface area contributed by atoms with Crippen molar-refractivity contribution in [1.29, 1.82) is 0 Å². The molecule has 0 saturated carbocycles. The van der Waals surface area contributed by atoms with Crippen LogP contribution < -0.4 is 4.90 Å².